The molecule has 0 aliphatic rings. The van der Waals surface area contributed by atoms with Gasteiger partial charge in [0.2, 0.25) is 0 Å². The molecule has 0 amide bonds. The SMILES string of the molecule is N#[C][Fe-3]([C]#N)([C]#N)([C]#N)([C]#N)[C]#N.N#[C][Fe-3]([C]#N)([C]#N)([C]#N)([C]#N)[C]#N.[NH4+].[NH4+].[NH4+].[Na+].[Na+].[Na+]. The van der Waals surface area contributed by atoms with Crippen LogP contribution in [-0.4, -0.2) is 0 Å². The first-order valence-electron chi connectivity index (χ1n) is 4.80. The van der Waals surface area contributed by atoms with E-state index in [1.807, 2.05) is 0 Å². The van der Waals surface area contributed by atoms with Crippen LogP contribution in [0.1, 0.15) is 0 Å². The molecular weight excluding hydrogens is 535 g/mol. The van der Waals surface area contributed by atoms with Crippen LogP contribution in [0.25, 0.3) is 0 Å². The zero-order valence-corrected chi connectivity index (χ0v) is 26.3. The summed E-state index contributed by atoms with van der Waals surface area (Å²) in [6.45, 7) is 0. The minimum absolute atomic E-state index is 0. The van der Waals surface area contributed by atoms with Crippen molar-refractivity contribution in [3.63, 3.8) is 0 Å². The molecule has 0 aliphatic heterocycles. The van der Waals surface area contributed by atoms with Gasteiger partial charge in [-0.3, -0.25) is 0 Å². The Morgan fingerprint density at radius 1 is 0.250 bits per heavy atom. The van der Waals surface area contributed by atoms with E-state index < -0.39 is 21.5 Å². The molecule has 0 heterocycles. The zero-order chi connectivity index (χ0) is 21.3. The molecule has 154 valence electrons. The molecule has 15 nitrogen and oxygen atoms in total. The first kappa shape index (κ1) is 52.0. The van der Waals surface area contributed by atoms with Crippen molar-refractivity contribution in [1.29, 1.82) is 63.1 Å². The van der Waals surface area contributed by atoms with Crippen LogP contribution in [0.3, 0.4) is 0 Å². The van der Waals surface area contributed by atoms with Crippen molar-refractivity contribution >= 4 is 0 Å². The van der Waals surface area contributed by atoms with E-state index in [-0.39, 0.29) is 107 Å². The van der Waals surface area contributed by atoms with E-state index in [1.54, 1.807) is 0 Å². The van der Waals surface area contributed by atoms with Crippen molar-refractivity contribution in [1.82, 2.24) is 18.5 Å². The summed E-state index contributed by atoms with van der Waals surface area (Å²) in [5.74, 6) is 0. The van der Waals surface area contributed by atoms with Gasteiger partial charge in [0.15, 0.2) is 0 Å². The summed E-state index contributed by atoms with van der Waals surface area (Å²) in [7, 11) is -12.3. The van der Waals surface area contributed by atoms with Crippen LogP contribution in [0.2, 0.25) is 0 Å². The molecule has 0 saturated heterocycles. The van der Waals surface area contributed by atoms with Gasteiger partial charge in [-0.25, -0.2) is 0 Å². The predicted molar refractivity (Wildman–Crippen MR) is 85.3 cm³/mol. The number of quaternary nitrogens is 3. The molecule has 0 aromatic carbocycles. The summed E-state index contributed by atoms with van der Waals surface area (Å²) < 4.78 is 0. The third kappa shape index (κ3) is 5.98. The van der Waals surface area contributed by atoms with Gasteiger partial charge in [0, 0.05) is 0 Å². The van der Waals surface area contributed by atoms with Crippen LogP contribution in [0.5, 0.6) is 0 Å². The van der Waals surface area contributed by atoms with Gasteiger partial charge in [-0.1, -0.05) is 0 Å². The van der Waals surface area contributed by atoms with Crippen molar-refractivity contribution in [3.8, 4) is 59.6 Å². The molecule has 0 rings (SSSR count). The summed E-state index contributed by atoms with van der Waals surface area (Å²) in [4.78, 5) is 12.4. The molecular formula is C12H12Fe2N15Na3. The fourth-order valence-electron chi connectivity index (χ4n) is 0.530. The van der Waals surface area contributed by atoms with Gasteiger partial charge in [0.05, 0.1) is 0 Å². The molecule has 0 aromatic rings. The standard InChI is InChI=1S/12CN.2Fe.3H3N.3Na/c12*1-2;;;;;;;;/h;;;;;;;;;;;;;;3*1H3;;;/q;;;;;;;;;;;;2*-3;;;;3*+1/p+3. The van der Waals surface area contributed by atoms with Gasteiger partial charge < -0.3 is 18.5 Å². The fourth-order valence-corrected chi connectivity index (χ4v) is 2.19. The molecule has 32 heavy (non-hydrogen) atoms. The van der Waals surface area contributed by atoms with E-state index in [0.717, 1.165) is 59.6 Å². The second-order valence-electron chi connectivity index (χ2n) is 3.60. The summed E-state index contributed by atoms with van der Waals surface area (Å²) in [6.07, 6.45) is 0. The Bertz CT molecular complexity index is 893. The van der Waals surface area contributed by atoms with Crippen molar-refractivity contribution < 1.29 is 110 Å². The van der Waals surface area contributed by atoms with Gasteiger partial charge in [-0.2, -0.15) is 0 Å². The largest absolute Gasteiger partial charge is 1.00 e. The van der Waals surface area contributed by atoms with E-state index in [2.05, 4.69) is 0 Å². The molecule has 0 bridgehead atoms. The molecule has 0 fully saturated rings. The molecule has 0 spiro atoms. The van der Waals surface area contributed by atoms with E-state index in [9.17, 15) is 0 Å². The van der Waals surface area contributed by atoms with Gasteiger partial charge in [-0.05, 0) is 0 Å². The first-order valence-corrected chi connectivity index (χ1v) is 11.4. The Labute approximate surface area is 247 Å². The van der Waals surface area contributed by atoms with E-state index in [1.165, 1.54) is 0 Å². The summed E-state index contributed by atoms with van der Waals surface area (Å²) in [5.41, 5.74) is 0. The minimum atomic E-state index is -6.17. The van der Waals surface area contributed by atoms with Crippen molar-refractivity contribution in [2.45, 2.75) is 0 Å². The third-order valence-corrected chi connectivity index (χ3v) is 9.78. The van der Waals surface area contributed by atoms with Gasteiger partial charge in [-0.15, -0.1) is 0 Å². The Balaban J connectivity index is -0.0000000505. The Morgan fingerprint density at radius 2 is 0.312 bits per heavy atom. The Morgan fingerprint density at radius 3 is 0.312 bits per heavy atom. The molecule has 12 N–H and O–H groups in total. The van der Waals surface area contributed by atoms with Gasteiger partial charge in [0.25, 0.3) is 0 Å². The number of nitriles is 12. The normalized spacial score (nSPS) is 10.9. The molecule has 0 unspecified atom stereocenters. The number of hydrogen-bond acceptors (Lipinski definition) is 12. The van der Waals surface area contributed by atoms with Crippen molar-refractivity contribution in [2.24, 2.45) is 0 Å². The van der Waals surface area contributed by atoms with Crippen molar-refractivity contribution in [2.75, 3.05) is 0 Å². The smallest absolute Gasteiger partial charge is 0.369 e. The van der Waals surface area contributed by atoms with Crippen LogP contribution >= 0.6 is 0 Å². The van der Waals surface area contributed by atoms with Crippen LogP contribution in [-0.2, 0) is 21.5 Å². The molecule has 0 saturated carbocycles. The van der Waals surface area contributed by atoms with E-state index >= 15 is 0 Å². The molecule has 0 atom stereocenters. The number of rotatable bonds is 0. The second-order valence-corrected chi connectivity index (χ2v) is 14.8. The molecule has 0 radical (unpaired) electrons. The quantitative estimate of drug-likeness (QED) is 0.238. The summed E-state index contributed by atoms with van der Waals surface area (Å²) in [5, 5.41) is 103. The number of nitrogens with zero attached hydrogens (tertiary/aromatic N) is 12. The monoisotopic (exact) mass is 547 g/mol. The average molecular weight is 547 g/mol. The fraction of sp³-hybridized carbons (Fsp3) is 0. The van der Waals surface area contributed by atoms with Crippen LogP contribution in [0, 0.1) is 123 Å². The van der Waals surface area contributed by atoms with Crippen LogP contribution in [0.4, 0.5) is 0 Å². The van der Waals surface area contributed by atoms with E-state index in [0.29, 0.717) is 0 Å². The first-order chi connectivity index (χ1) is 11.9. The number of hydrogen-bond donors (Lipinski definition) is 3. The second kappa shape index (κ2) is 14.1. The maximum Gasteiger partial charge on any atom is 1.00 e. The maximum atomic E-state index is 8.58. The van der Waals surface area contributed by atoms with Crippen LogP contribution in [0.15, 0.2) is 0 Å². The minimum Gasteiger partial charge on any atom is -0.369 e. The van der Waals surface area contributed by atoms with E-state index in [4.69, 9.17) is 63.1 Å². The Hall–Kier alpha value is -2.20. The van der Waals surface area contributed by atoms with Crippen molar-refractivity contribution in [3.05, 3.63) is 0 Å². The summed E-state index contributed by atoms with van der Waals surface area (Å²) >= 11 is 0. The molecule has 0 aromatic heterocycles. The molecule has 20 heteroatoms. The van der Waals surface area contributed by atoms with Crippen LogP contribution < -0.4 is 107 Å². The zero-order valence-electron chi connectivity index (χ0n) is 18.1. The van der Waals surface area contributed by atoms with Gasteiger partial charge >= 0.3 is 233 Å². The predicted octanol–water partition coefficient (Wildman–Crippen LogP) is -7.66. The Kier molecular flexibility index (Phi) is 22.8. The maximum absolute atomic E-state index is 8.58. The topological polar surface area (TPSA) is 395 Å². The van der Waals surface area contributed by atoms with Gasteiger partial charge in [0.1, 0.15) is 0 Å². The average Bonchev–Trinajstić information content (AvgIpc) is 2.77. The third-order valence-electron chi connectivity index (χ3n) is 2.37. The summed E-state index contributed by atoms with van der Waals surface area (Å²) in [6, 6.07) is 0. The molecule has 0 aliphatic carbocycles.